The van der Waals surface area contributed by atoms with Crippen LogP contribution in [0.3, 0.4) is 0 Å². The molecule has 1 saturated heterocycles. The molecule has 0 radical (unpaired) electrons. The Morgan fingerprint density at radius 2 is 2.06 bits per heavy atom. The average Bonchev–Trinajstić information content (AvgIpc) is 2.27. The van der Waals surface area contributed by atoms with E-state index in [2.05, 4.69) is 0 Å². The number of hydrogen-bond donors (Lipinski definition) is 0. The molecule has 92 valence electrons. The van der Waals surface area contributed by atoms with Crippen LogP contribution in [0.5, 0.6) is 0 Å². The molecule has 0 aromatic carbocycles. The van der Waals surface area contributed by atoms with Crippen LogP contribution in [0.25, 0.3) is 0 Å². The summed E-state index contributed by atoms with van der Waals surface area (Å²) in [5.74, 6) is 0.191. The van der Waals surface area contributed by atoms with Crippen LogP contribution >= 0.6 is 0 Å². The number of carbonyl (C=O) groups excluding carboxylic acids is 2. The fourth-order valence-electron chi connectivity index (χ4n) is 1.65. The lowest BCUT2D eigenvalue weighted by atomic mass is 10.0. The number of amides is 1. The van der Waals surface area contributed by atoms with Gasteiger partial charge in [0.2, 0.25) is 0 Å². The summed E-state index contributed by atoms with van der Waals surface area (Å²) in [5.41, 5.74) is -0.502. The van der Waals surface area contributed by atoms with Gasteiger partial charge in [-0.1, -0.05) is 6.92 Å². The maximum atomic E-state index is 11.8. The van der Waals surface area contributed by atoms with Gasteiger partial charge in [-0.2, -0.15) is 0 Å². The van der Waals surface area contributed by atoms with Crippen molar-refractivity contribution in [1.82, 2.24) is 4.90 Å². The van der Waals surface area contributed by atoms with Crippen molar-refractivity contribution in [1.29, 1.82) is 0 Å². The second-order valence-electron chi connectivity index (χ2n) is 5.41. The number of Topliss-reactive ketones (excluding diaryl/α,β-unsaturated/α-hetero) is 1. The number of rotatable bonds is 0. The average molecular weight is 227 g/mol. The van der Waals surface area contributed by atoms with Gasteiger partial charge >= 0.3 is 6.09 Å². The first-order valence-electron chi connectivity index (χ1n) is 5.80. The normalized spacial score (nSPS) is 22.9. The third-order valence-corrected chi connectivity index (χ3v) is 2.61. The molecule has 1 atom stereocenters. The van der Waals surface area contributed by atoms with Gasteiger partial charge in [0, 0.05) is 12.5 Å². The highest BCUT2D eigenvalue weighted by atomic mass is 16.6. The van der Waals surface area contributed by atoms with Crippen molar-refractivity contribution in [3.05, 3.63) is 0 Å². The van der Waals surface area contributed by atoms with E-state index >= 15 is 0 Å². The summed E-state index contributed by atoms with van der Waals surface area (Å²) in [5, 5.41) is 0. The van der Waals surface area contributed by atoms with E-state index in [4.69, 9.17) is 4.74 Å². The molecule has 1 unspecified atom stereocenters. The second-order valence-corrected chi connectivity index (χ2v) is 5.41. The highest BCUT2D eigenvalue weighted by molar-refractivity contribution is 5.86. The molecule has 4 nitrogen and oxygen atoms in total. The smallest absolute Gasteiger partial charge is 0.410 e. The molecule has 0 N–H and O–H groups in total. The van der Waals surface area contributed by atoms with Gasteiger partial charge < -0.3 is 9.64 Å². The quantitative estimate of drug-likeness (QED) is 0.637. The van der Waals surface area contributed by atoms with Gasteiger partial charge in [0.15, 0.2) is 5.78 Å². The van der Waals surface area contributed by atoms with Crippen LogP contribution < -0.4 is 0 Å². The molecule has 1 heterocycles. The Hall–Kier alpha value is -1.06. The molecule has 16 heavy (non-hydrogen) atoms. The van der Waals surface area contributed by atoms with Crippen molar-refractivity contribution in [2.24, 2.45) is 5.92 Å². The largest absolute Gasteiger partial charge is 0.444 e. The third kappa shape index (κ3) is 3.83. The lowest BCUT2D eigenvalue weighted by molar-refractivity contribution is -0.122. The Balaban J connectivity index is 2.59. The lowest BCUT2D eigenvalue weighted by Gasteiger charge is -2.25. The first kappa shape index (κ1) is 13.0. The van der Waals surface area contributed by atoms with Crippen molar-refractivity contribution < 1.29 is 14.3 Å². The Kier molecular flexibility index (Phi) is 3.94. The molecule has 1 aliphatic heterocycles. The van der Waals surface area contributed by atoms with Crippen molar-refractivity contribution >= 4 is 11.9 Å². The second kappa shape index (κ2) is 4.85. The maximum Gasteiger partial charge on any atom is 0.410 e. The van der Waals surface area contributed by atoms with Crippen LogP contribution in [-0.4, -0.2) is 35.5 Å². The zero-order chi connectivity index (χ0) is 12.3. The zero-order valence-electron chi connectivity index (χ0n) is 10.6. The minimum Gasteiger partial charge on any atom is -0.444 e. The number of ketones is 1. The molecule has 0 saturated carbocycles. The first-order chi connectivity index (χ1) is 7.29. The van der Waals surface area contributed by atoms with Gasteiger partial charge in [-0.3, -0.25) is 4.79 Å². The molecule has 1 fully saturated rings. The molecule has 4 heteroatoms. The Bertz CT molecular complexity index is 280. The van der Waals surface area contributed by atoms with Crippen LogP contribution in [0.4, 0.5) is 4.79 Å². The zero-order valence-corrected chi connectivity index (χ0v) is 10.6. The van der Waals surface area contributed by atoms with Gasteiger partial charge in [-0.05, 0) is 33.6 Å². The minimum absolute atomic E-state index is 0.0624. The Labute approximate surface area is 96.9 Å². The van der Waals surface area contributed by atoms with E-state index in [-0.39, 0.29) is 24.3 Å². The predicted molar refractivity (Wildman–Crippen MR) is 61.2 cm³/mol. The summed E-state index contributed by atoms with van der Waals surface area (Å²) in [6.45, 7) is 8.20. The molecule has 0 aromatic heterocycles. The number of nitrogens with zero attached hydrogens (tertiary/aromatic N) is 1. The van der Waals surface area contributed by atoms with E-state index in [9.17, 15) is 9.59 Å². The van der Waals surface area contributed by atoms with Crippen molar-refractivity contribution in [3.8, 4) is 0 Å². The summed E-state index contributed by atoms with van der Waals surface area (Å²) in [6, 6.07) is 0. The van der Waals surface area contributed by atoms with Gasteiger partial charge in [0.05, 0.1) is 6.54 Å². The number of hydrogen-bond acceptors (Lipinski definition) is 3. The van der Waals surface area contributed by atoms with Crippen LogP contribution in [0.1, 0.15) is 40.5 Å². The van der Waals surface area contributed by atoms with Crippen LogP contribution in [0, 0.1) is 5.92 Å². The van der Waals surface area contributed by atoms with E-state index in [0.717, 1.165) is 12.8 Å². The van der Waals surface area contributed by atoms with E-state index in [1.807, 2.05) is 27.7 Å². The van der Waals surface area contributed by atoms with Gasteiger partial charge in [-0.25, -0.2) is 4.79 Å². The fourth-order valence-corrected chi connectivity index (χ4v) is 1.65. The Morgan fingerprint density at radius 3 is 2.62 bits per heavy atom. The lowest BCUT2D eigenvalue weighted by Crippen LogP contribution is -2.39. The molecule has 1 aliphatic rings. The van der Waals surface area contributed by atoms with Gasteiger partial charge in [0.25, 0.3) is 0 Å². The number of likely N-dealkylation sites (tertiary alicyclic amines) is 1. The summed E-state index contributed by atoms with van der Waals surface area (Å²) < 4.78 is 5.25. The van der Waals surface area contributed by atoms with Gasteiger partial charge in [0.1, 0.15) is 5.60 Å². The van der Waals surface area contributed by atoms with E-state index in [1.54, 1.807) is 0 Å². The molecule has 0 aromatic rings. The summed E-state index contributed by atoms with van der Waals surface area (Å²) in [6.07, 6.45) is 1.35. The van der Waals surface area contributed by atoms with Crippen LogP contribution in [-0.2, 0) is 9.53 Å². The monoisotopic (exact) mass is 227 g/mol. The van der Waals surface area contributed by atoms with Crippen molar-refractivity contribution in [2.45, 2.75) is 46.1 Å². The van der Waals surface area contributed by atoms with Crippen molar-refractivity contribution in [2.75, 3.05) is 13.1 Å². The van der Waals surface area contributed by atoms with E-state index < -0.39 is 5.60 Å². The van der Waals surface area contributed by atoms with Crippen LogP contribution in [0.2, 0.25) is 0 Å². The summed E-state index contributed by atoms with van der Waals surface area (Å²) in [7, 11) is 0. The third-order valence-electron chi connectivity index (χ3n) is 2.61. The summed E-state index contributed by atoms with van der Waals surface area (Å²) in [4.78, 5) is 24.9. The SMILES string of the molecule is CC1CCCN(C(=O)OC(C)(C)C)CC1=O. The standard InChI is InChI=1S/C12H21NO3/c1-9-6-5-7-13(8-10(9)14)11(15)16-12(2,3)4/h9H,5-8H2,1-4H3. The molecular formula is C12H21NO3. The Morgan fingerprint density at radius 1 is 1.44 bits per heavy atom. The highest BCUT2D eigenvalue weighted by Crippen LogP contribution is 2.16. The topological polar surface area (TPSA) is 46.6 Å². The molecular weight excluding hydrogens is 206 g/mol. The van der Waals surface area contributed by atoms with Crippen LogP contribution in [0.15, 0.2) is 0 Å². The predicted octanol–water partition coefficient (Wildman–Crippen LogP) is 2.22. The molecule has 0 aliphatic carbocycles. The molecule has 0 spiro atoms. The first-order valence-corrected chi connectivity index (χ1v) is 5.80. The minimum atomic E-state index is -0.502. The maximum absolute atomic E-state index is 11.8. The molecule has 0 bridgehead atoms. The molecule has 1 rings (SSSR count). The molecule has 1 amide bonds. The highest BCUT2D eigenvalue weighted by Gasteiger charge is 2.27. The number of ether oxygens (including phenoxy) is 1. The fraction of sp³-hybridized carbons (Fsp3) is 0.833. The van der Waals surface area contributed by atoms with Crippen molar-refractivity contribution in [3.63, 3.8) is 0 Å². The van der Waals surface area contributed by atoms with E-state index in [0.29, 0.717) is 6.54 Å². The van der Waals surface area contributed by atoms with E-state index in [1.165, 1.54) is 4.90 Å². The summed E-state index contributed by atoms with van der Waals surface area (Å²) >= 11 is 0. The van der Waals surface area contributed by atoms with Gasteiger partial charge in [-0.15, -0.1) is 0 Å². The number of carbonyl (C=O) groups is 2.